The Morgan fingerprint density at radius 2 is 2.04 bits per heavy atom. The van der Waals surface area contributed by atoms with Gasteiger partial charge in [0.05, 0.1) is 0 Å². The molecule has 1 saturated carbocycles. The molecule has 0 bridgehead atoms. The summed E-state index contributed by atoms with van der Waals surface area (Å²) in [6.45, 7) is 0.833. The highest BCUT2D eigenvalue weighted by Gasteiger charge is 2.23. The number of thiophene rings is 1. The number of rotatable bonds is 7. The molecule has 2 amide bonds. The zero-order valence-electron chi connectivity index (χ0n) is 13.3. The topological polar surface area (TPSA) is 84.2 Å². The second-order valence-corrected chi connectivity index (χ2v) is 6.61. The summed E-state index contributed by atoms with van der Waals surface area (Å²) in [7, 11) is 0. The standard InChI is InChI=1S/C16H25N3O2S.ClH/c17-10-14(12-4-2-1-3-5-12)19-15(20)6-8-18-16(21)13-7-9-22-11-13;/h7,9,11-12,14H,1-6,8,10,17H2,(H,18,21)(H,19,20);1H. The molecule has 130 valence electrons. The number of nitrogens with two attached hydrogens (primary N) is 1. The summed E-state index contributed by atoms with van der Waals surface area (Å²) in [5.74, 6) is 0.339. The Labute approximate surface area is 147 Å². The minimum Gasteiger partial charge on any atom is -0.352 e. The van der Waals surface area contributed by atoms with Gasteiger partial charge in [-0.25, -0.2) is 0 Å². The molecular formula is C16H26ClN3O2S. The van der Waals surface area contributed by atoms with Crippen molar-refractivity contribution in [3.63, 3.8) is 0 Å². The maximum atomic E-state index is 12.0. The van der Waals surface area contributed by atoms with Crippen LogP contribution in [0.25, 0.3) is 0 Å². The molecule has 1 aromatic rings. The minimum atomic E-state index is -0.128. The third-order valence-corrected chi connectivity index (χ3v) is 4.92. The second-order valence-electron chi connectivity index (χ2n) is 5.83. The van der Waals surface area contributed by atoms with Crippen molar-refractivity contribution in [2.45, 2.75) is 44.6 Å². The van der Waals surface area contributed by atoms with Crippen LogP contribution in [0.5, 0.6) is 0 Å². The fourth-order valence-corrected chi connectivity index (χ4v) is 3.61. The third kappa shape index (κ3) is 6.49. The molecule has 23 heavy (non-hydrogen) atoms. The smallest absolute Gasteiger partial charge is 0.252 e. The number of carbonyl (C=O) groups is 2. The SMILES string of the molecule is Cl.NCC(NC(=O)CCNC(=O)c1ccsc1)C1CCCCC1. The summed E-state index contributed by atoms with van der Waals surface area (Å²) in [6, 6.07) is 1.84. The van der Waals surface area contributed by atoms with Gasteiger partial charge in [0.1, 0.15) is 0 Å². The van der Waals surface area contributed by atoms with Gasteiger partial charge in [-0.1, -0.05) is 19.3 Å². The molecule has 1 aliphatic carbocycles. The van der Waals surface area contributed by atoms with Crippen LogP contribution in [0, 0.1) is 5.92 Å². The normalized spacial score (nSPS) is 16.2. The van der Waals surface area contributed by atoms with Gasteiger partial charge in [-0.2, -0.15) is 11.3 Å². The Bertz CT molecular complexity index is 476. The molecule has 5 nitrogen and oxygen atoms in total. The molecule has 4 N–H and O–H groups in total. The monoisotopic (exact) mass is 359 g/mol. The molecule has 2 rings (SSSR count). The number of hydrogen-bond acceptors (Lipinski definition) is 4. The summed E-state index contributed by atoms with van der Waals surface area (Å²) in [5.41, 5.74) is 6.46. The molecule has 0 spiro atoms. The molecule has 1 atom stereocenters. The van der Waals surface area contributed by atoms with E-state index in [-0.39, 0.29) is 30.3 Å². The first-order valence-corrected chi connectivity index (χ1v) is 8.95. The Hall–Kier alpha value is -1.11. The van der Waals surface area contributed by atoms with Gasteiger partial charge in [0, 0.05) is 36.5 Å². The summed E-state index contributed by atoms with van der Waals surface area (Å²) in [4.78, 5) is 23.8. The van der Waals surface area contributed by atoms with E-state index in [1.165, 1.54) is 30.6 Å². The van der Waals surface area contributed by atoms with Crippen molar-refractivity contribution < 1.29 is 9.59 Å². The van der Waals surface area contributed by atoms with E-state index in [1.807, 2.05) is 5.38 Å². The van der Waals surface area contributed by atoms with Crippen molar-refractivity contribution in [1.82, 2.24) is 10.6 Å². The lowest BCUT2D eigenvalue weighted by molar-refractivity contribution is -0.122. The molecule has 0 aliphatic heterocycles. The van der Waals surface area contributed by atoms with Gasteiger partial charge < -0.3 is 16.4 Å². The van der Waals surface area contributed by atoms with E-state index < -0.39 is 0 Å². The molecule has 0 saturated heterocycles. The summed E-state index contributed by atoms with van der Waals surface area (Å²) >= 11 is 1.48. The van der Waals surface area contributed by atoms with E-state index >= 15 is 0 Å². The van der Waals surface area contributed by atoms with E-state index in [9.17, 15) is 9.59 Å². The molecule has 1 aliphatic rings. The molecule has 0 aromatic carbocycles. The number of halogens is 1. The fourth-order valence-electron chi connectivity index (χ4n) is 2.97. The number of nitrogens with one attached hydrogen (secondary N) is 2. The zero-order chi connectivity index (χ0) is 15.8. The largest absolute Gasteiger partial charge is 0.352 e. The van der Waals surface area contributed by atoms with Crippen LogP contribution in [0.2, 0.25) is 0 Å². The highest BCUT2D eigenvalue weighted by molar-refractivity contribution is 7.08. The van der Waals surface area contributed by atoms with Gasteiger partial charge in [0.2, 0.25) is 5.91 Å². The lowest BCUT2D eigenvalue weighted by atomic mass is 9.84. The lowest BCUT2D eigenvalue weighted by Gasteiger charge is -2.30. The van der Waals surface area contributed by atoms with Crippen LogP contribution >= 0.6 is 23.7 Å². The summed E-state index contributed by atoms with van der Waals surface area (Å²) < 4.78 is 0. The first-order chi connectivity index (χ1) is 10.7. The van der Waals surface area contributed by atoms with E-state index in [0.717, 1.165) is 12.8 Å². The highest BCUT2D eigenvalue weighted by atomic mass is 35.5. The predicted octanol–water partition coefficient (Wildman–Crippen LogP) is 2.31. The number of hydrogen-bond donors (Lipinski definition) is 3. The van der Waals surface area contributed by atoms with Crippen molar-refractivity contribution >= 4 is 35.6 Å². The molecule has 1 unspecified atom stereocenters. The molecule has 1 aromatic heterocycles. The number of amides is 2. The maximum absolute atomic E-state index is 12.0. The molecule has 1 fully saturated rings. The molecule has 7 heteroatoms. The average Bonchev–Trinajstić information content (AvgIpc) is 3.08. The highest BCUT2D eigenvalue weighted by Crippen LogP contribution is 2.26. The van der Waals surface area contributed by atoms with Crippen LogP contribution in [0.1, 0.15) is 48.9 Å². The van der Waals surface area contributed by atoms with Gasteiger partial charge in [0.25, 0.3) is 5.91 Å². The summed E-state index contributed by atoms with van der Waals surface area (Å²) in [5, 5.41) is 9.45. The fraction of sp³-hybridized carbons (Fsp3) is 0.625. The van der Waals surface area contributed by atoms with E-state index in [0.29, 0.717) is 31.0 Å². The van der Waals surface area contributed by atoms with Crippen LogP contribution in [0.4, 0.5) is 0 Å². The van der Waals surface area contributed by atoms with Crippen molar-refractivity contribution in [1.29, 1.82) is 0 Å². The van der Waals surface area contributed by atoms with Crippen LogP contribution in [-0.2, 0) is 4.79 Å². The first kappa shape index (κ1) is 19.9. The zero-order valence-corrected chi connectivity index (χ0v) is 14.9. The Morgan fingerprint density at radius 1 is 1.30 bits per heavy atom. The van der Waals surface area contributed by atoms with E-state index in [2.05, 4.69) is 10.6 Å². The van der Waals surface area contributed by atoms with Crippen molar-refractivity contribution in [3.8, 4) is 0 Å². The number of carbonyl (C=O) groups excluding carboxylic acids is 2. The maximum Gasteiger partial charge on any atom is 0.252 e. The van der Waals surface area contributed by atoms with E-state index in [1.54, 1.807) is 11.4 Å². The molecule has 0 radical (unpaired) electrons. The average molecular weight is 360 g/mol. The molecular weight excluding hydrogens is 334 g/mol. The summed E-state index contributed by atoms with van der Waals surface area (Å²) in [6.07, 6.45) is 6.34. The van der Waals surface area contributed by atoms with Crippen molar-refractivity contribution in [2.75, 3.05) is 13.1 Å². The van der Waals surface area contributed by atoms with Crippen molar-refractivity contribution in [2.24, 2.45) is 11.7 Å². The first-order valence-electron chi connectivity index (χ1n) is 8.00. The quantitative estimate of drug-likeness (QED) is 0.698. The lowest BCUT2D eigenvalue weighted by Crippen LogP contribution is -2.46. The van der Waals surface area contributed by atoms with Crippen LogP contribution in [0.15, 0.2) is 16.8 Å². The Kier molecular flexibility index (Phi) is 9.21. The van der Waals surface area contributed by atoms with Gasteiger partial charge in [-0.05, 0) is 30.2 Å². The van der Waals surface area contributed by atoms with Crippen LogP contribution in [-0.4, -0.2) is 30.9 Å². The van der Waals surface area contributed by atoms with Crippen molar-refractivity contribution in [3.05, 3.63) is 22.4 Å². The van der Waals surface area contributed by atoms with Gasteiger partial charge in [-0.3, -0.25) is 9.59 Å². The van der Waals surface area contributed by atoms with E-state index in [4.69, 9.17) is 5.73 Å². The predicted molar refractivity (Wildman–Crippen MR) is 96.1 cm³/mol. The third-order valence-electron chi connectivity index (χ3n) is 4.24. The minimum absolute atomic E-state index is 0. The van der Waals surface area contributed by atoms with Crippen LogP contribution < -0.4 is 16.4 Å². The second kappa shape index (κ2) is 10.6. The Morgan fingerprint density at radius 3 is 2.65 bits per heavy atom. The van der Waals surface area contributed by atoms with Gasteiger partial charge in [0.15, 0.2) is 0 Å². The van der Waals surface area contributed by atoms with Gasteiger partial charge in [-0.15, -0.1) is 12.4 Å². The molecule has 1 heterocycles. The Balaban J connectivity index is 0.00000264. The van der Waals surface area contributed by atoms with Crippen LogP contribution in [0.3, 0.4) is 0 Å². The van der Waals surface area contributed by atoms with Gasteiger partial charge >= 0.3 is 0 Å².